The molecular formula is C23H16BrF4NO3. The van der Waals surface area contributed by atoms with Crippen LogP contribution in [0.3, 0.4) is 0 Å². The fourth-order valence-corrected chi connectivity index (χ4v) is 2.99. The number of methoxy groups -OCH3 is 1. The Labute approximate surface area is 189 Å². The predicted molar refractivity (Wildman–Crippen MR) is 115 cm³/mol. The summed E-state index contributed by atoms with van der Waals surface area (Å²) in [5, 5.41) is 1.81. The highest BCUT2D eigenvalue weighted by Gasteiger charge is 2.20. The number of hydrogen-bond donors (Lipinski definition) is 1. The second-order valence-corrected chi connectivity index (χ2v) is 7.40. The van der Waals surface area contributed by atoms with Crippen LogP contribution in [0.15, 0.2) is 59.1 Å². The summed E-state index contributed by atoms with van der Waals surface area (Å²) in [4.78, 5) is 12.0. The monoisotopic (exact) mass is 509 g/mol. The van der Waals surface area contributed by atoms with Gasteiger partial charge in [0.05, 0.1) is 7.11 Å². The summed E-state index contributed by atoms with van der Waals surface area (Å²) >= 11 is 3.34. The number of ether oxygens (including phenoxy) is 2. The first-order valence-electron chi connectivity index (χ1n) is 9.16. The van der Waals surface area contributed by atoms with Gasteiger partial charge in [0.15, 0.2) is 23.3 Å². The van der Waals surface area contributed by atoms with Gasteiger partial charge in [-0.05, 0) is 48.0 Å². The molecule has 0 atom stereocenters. The van der Waals surface area contributed by atoms with Gasteiger partial charge < -0.3 is 14.8 Å². The lowest BCUT2D eigenvalue weighted by Gasteiger charge is -2.11. The molecule has 0 spiro atoms. The Morgan fingerprint density at radius 3 is 2.28 bits per heavy atom. The minimum atomic E-state index is -1.69. The summed E-state index contributed by atoms with van der Waals surface area (Å²) in [5.41, 5.74) is 0.0412. The zero-order chi connectivity index (χ0) is 23.3. The molecule has 0 saturated carbocycles. The van der Waals surface area contributed by atoms with Gasteiger partial charge in [0, 0.05) is 22.2 Å². The number of carbonyl (C=O) groups is 1. The van der Waals surface area contributed by atoms with Gasteiger partial charge in [-0.3, -0.25) is 4.79 Å². The van der Waals surface area contributed by atoms with E-state index in [4.69, 9.17) is 9.47 Å². The van der Waals surface area contributed by atoms with Crippen LogP contribution < -0.4 is 14.8 Å². The summed E-state index contributed by atoms with van der Waals surface area (Å²) in [5.74, 6) is -6.39. The standard InChI is InChI=1S/C23H16BrF4NO3/c1-31-19-8-2-13(10-14(19)12-32-16-6-4-15(24)5-7-16)3-9-20(30)29-23-21(27)17(25)11-18(26)22(23)28/h2-11H,12H2,1H3,(H,29,30)/b9-3-. The molecule has 3 aromatic carbocycles. The summed E-state index contributed by atoms with van der Waals surface area (Å²) in [6.45, 7) is 0.178. The zero-order valence-corrected chi connectivity index (χ0v) is 18.2. The van der Waals surface area contributed by atoms with Crippen molar-refractivity contribution in [1.82, 2.24) is 0 Å². The fourth-order valence-electron chi connectivity index (χ4n) is 2.73. The van der Waals surface area contributed by atoms with Crippen molar-refractivity contribution in [2.24, 2.45) is 0 Å². The molecule has 0 aliphatic rings. The van der Waals surface area contributed by atoms with Gasteiger partial charge in [-0.15, -0.1) is 0 Å². The number of anilines is 1. The Morgan fingerprint density at radius 1 is 1.00 bits per heavy atom. The van der Waals surface area contributed by atoms with Crippen molar-refractivity contribution in [3.8, 4) is 11.5 Å². The van der Waals surface area contributed by atoms with E-state index in [0.29, 0.717) is 22.6 Å². The van der Waals surface area contributed by atoms with Gasteiger partial charge in [0.1, 0.15) is 23.8 Å². The molecule has 0 bridgehead atoms. The molecule has 0 fully saturated rings. The zero-order valence-electron chi connectivity index (χ0n) is 16.6. The number of halogens is 5. The van der Waals surface area contributed by atoms with Crippen LogP contribution in [0.25, 0.3) is 6.08 Å². The van der Waals surface area contributed by atoms with Crippen molar-refractivity contribution < 1.29 is 31.8 Å². The molecule has 4 nitrogen and oxygen atoms in total. The molecule has 166 valence electrons. The minimum Gasteiger partial charge on any atom is -0.496 e. The quantitative estimate of drug-likeness (QED) is 0.233. The van der Waals surface area contributed by atoms with Crippen molar-refractivity contribution in [3.63, 3.8) is 0 Å². The molecule has 0 heterocycles. The maximum absolute atomic E-state index is 13.7. The van der Waals surface area contributed by atoms with Gasteiger partial charge >= 0.3 is 0 Å². The van der Waals surface area contributed by atoms with Crippen LogP contribution in [0.4, 0.5) is 23.2 Å². The molecule has 0 aliphatic heterocycles. The molecule has 9 heteroatoms. The second-order valence-electron chi connectivity index (χ2n) is 6.48. The normalized spacial score (nSPS) is 10.9. The number of nitrogens with one attached hydrogen (secondary N) is 1. The largest absolute Gasteiger partial charge is 0.496 e. The highest BCUT2D eigenvalue weighted by Crippen LogP contribution is 2.25. The van der Waals surface area contributed by atoms with Gasteiger partial charge in [-0.1, -0.05) is 22.0 Å². The van der Waals surface area contributed by atoms with Crippen molar-refractivity contribution in [1.29, 1.82) is 0 Å². The molecule has 32 heavy (non-hydrogen) atoms. The molecule has 3 aromatic rings. The van der Waals surface area contributed by atoms with Crippen LogP contribution in [0.2, 0.25) is 0 Å². The number of rotatable bonds is 7. The van der Waals surface area contributed by atoms with Gasteiger partial charge in [0.2, 0.25) is 5.91 Å². The van der Waals surface area contributed by atoms with Crippen LogP contribution in [0.5, 0.6) is 11.5 Å². The third-order valence-electron chi connectivity index (χ3n) is 4.30. The molecule has 0 aromatic heterocycles. The first kappa shape index (κ1) is 23.3. The summed E-state index contributed by atoms with van der Waals surface area (Å²) in [7, 11) is 1.50. The minimum absolute atomic E-state index is 0.0609. The molecular weight excluding hydrogens is 494 g/mol. The lowest BCUT2D eigenvalue weighted by molar-refractivity contribution is -0.111. The van der Waals surface area contributed by atoms with Crippen LogP contribution in [-0.4, -0.2) is 13.0 Å². The van der Waals surface area contributed by atoms with Crippen LogP contribution >= 0.6 is 15.9 Å². The van der Waals surface area contributed by atoms with E-state index in [0.717, 1.165) is 10.5 Å². The maximum atomic E-state index is 13.7. The summed E-state index contributed by atoms with van der Waals surface area (Å²) in [6, 6.07) is 12.3. The van der Waals surface area contributed by atoms with Crippen LogP contribution in [0.1, 0.15) is 11.1 Å². The van der Waals surface area contributed by atoms with Crippen molar-refractivity contribution in [2.45, 2.75) is 6.61 Å². The average Bonchev–Trinajstić information content (AvgIpc) is 2.79. The molecule has 1 amide bonds. The second kappa shape index (κ2) is 10.3. The van der Waals surface area contributed by atoms with E-state index in [2.05, 4.69) is 15.9 Å². The highest BCUT2D eigenvalue weighted by molar-refractivity contribution is 9.10. The maximum Gasteiger partial charge on any atom is 0.248 e. The van der Waals surface area contributed by atoms with Crippen molar-refractivity contribution >= 4 is 33.6 Å². The van der Waals surface area contributed by atoms with E-state index < -0.39 is 34.9 Å². The number of hydrogen-bond acceptors (Lipinski definition) is 3. The fraction of sp³-hybridized carbons (Fsp3) is 0.0870. The topological polar surface area (TPSA) is 47.6 Å². The van der Waals surface area contributed by atoms with E-state index in [1.54, 1.807) is 30.3 Å². The van der Waals surface area contributed by atoms with Gasteiger partial charge in [0.25, 0.3) is 0 Å². The summed E-state index contributed by atoms with van der Waals surface area (Å²) < 4.78 is 65.9. The van der Waals surface area contributed by atoms with Gasteiger partial charge in [-0.2, -0.15) is 0 Å². The van der Waals surface area contributed by atoms with Crippen molar-refractivity contribution in [2.75, 3.05) is 12.4 Å². The van der Waals surface area contributed by atoms with E-state index in [-0.39, 0.29) is 12.7 Å². The first-order valence-corrected chi connectivity index (χ1v) is 9.95. The molecule has 3 rings (SSSR count). The number of benzene rings is 3. The van der Waals surface area contributed by atoms with Gasteiger partial charge in [-0.25, -0.2) is 17.6 Å². The van der Waals surface area contributed by atoms with E-state index in [1.807, 2.05) is 17.4 Å². The highest BCUT2D eigenvalue weighted by atomic mass is 79.9. The molecule has 0 radical (unpaired) electrons. The Morgan fingerprint density at radius 2 is 1.66 bits per heavy atom. The van der Waals surface area contributed by atoms with Crippen molar-refractivity contribution in [3.05, 3.63) is 93.5 Å². The average molecular weight is 510 g/mol. The molecule has 0 aliphatic carbocycles. The first-order chi connectivity index (χ1) is 15.3. The lowest BCUT2D eigenvalue weighted by Crippen LogP contribution is -2.13. The third kappa shape index (κ3) is 5.67. The Kier molecular flexibility index (Phi) is 7.53. The Hall–Kier alpha value is -3.33. The van der Waals surface area contributed by atoms with E-state index in [9.17, 15) is 22.4 Å². The predicted octanol–water partition coefficient (Wildman–Crippen LogP) is 6.25. The van der Waals surface area contributed by atoms with Crippen LogP contribution in [-0.2, 0) is 11.4 Å². The smallest absolute Gasteiger partial charge is 0.248 e. The Bertz CT molecular complexity index is 1140. The van der Waals surface area contributed by atoms with Crippen LogP contribution in [0, 0.1) is 23.3 Å². The number of carbonyl (C=O) groups excluding carboxylic acids is 1. The van der Waals surface area contributed by atoms with E-state index in [1.165, 1.54) is 13.2 Å². The Balaban J connectivity index is 1.73. The lowest BCUT2D eigenvalue weighted by atomic mass is 10.1. The summed E-state index contributed by atoms with van der Waals surface area (Å²) in [6.07, 6.45) is 2.34. The van der Waals surface area contributed by atoms with E-state index >= 15 is 0 Å². The molecule has 0 saturated heterocycles. The SMILES string of the molecule is COc1ccc(/C=C\C(=O)Nc2c(F)c(F)cc(F)c2F)cc1COc1ccc(Br)cc1. The molecule has 1 N–H and O–H groups in total. The third-order valence-corrected chi connectivity index (χ3v) is 4.83. The number of amides is 1. The molecule has 0 unspecified atom stereocenters.